The molecule has 0 aromatic carbocycles. The van der Waals surface area contributed by atoms with Crippen molar-refractivity contribution in [3.63, 3.8) is 0 Å². The third-order valence-corrected chi connectivity index (χ3v) is 2.01. The van der Waals surface area contributed by atoms with Gasteiger partial charge in [-0.3, -0.25) is 0 Å². The lowest BCUT2D eigenvalue weighted by atomic mass is 9.94. The maximum Gasteiger partial charge on any atom is 0.155 e. The van der Waals surface area contributed by atoms with Gasteiger partial charge >= 0.3 is 0 Å². The molecule has 0 aromatic heterocycles. The molecule has 1 aliphatic heterocycles. The van der Waals surface area contributed by atoms with Gasteiger partial charge in [0.15, 0.2) is 6.29 Å². The predicted molar refractivity (Wildman–Crippen MR) is 36.3 cm³/mol. The lowest BCUT2D eigenvalue weighted by Crippen LogP contribution is -2.42. The van der Waals surface area contributed by atoms with Crippen LogP contribution in [-0.2, 0) is 4.74 Å². The summed E-state index contributed by atoms with van der Waals surface area (Å²) in [5, 5.41) is 18.4. The molecular weight excluding hydrogens is 132 g/mol. The number of aliphatic hydroxyl groups is 2. The number of hydrogen-bond acceptors (Lipinski definition) is 3. The summed E-state index contributed by atoms with van der Waals surface area (Å²) >= 11 is 0. The van der Waals surface area contributed by atoms with Gasteiger partial charge in [-0.15, -0.1) is 0 Å². The molecule has 3 heteroatoms. The summed E-state index contributed by atoms with van der Waals surface area (Å²) in [6, 6.07) is 0. The van der Waals surface area contributed by atoms with Gasteiger partial charge in [-0.25, -0.2) is 0 Å². The van der Waals surface area contributed by atoms with Crippen LogP contribution in [0.3, 0.4) is 0 Å². The van der Waals surface area contributed by atoms with Gasteiger partial charge in [-0.2, -0.15) is 0 Å². The number of ether oxygens (including phenoxy) is 1. The Morgan fingerprint density at radius 1 is 1.30 bits per heavy atom. The summed E-state index contributed by atoms with van der Waals surface area (Å²) in [6.45, 7) is 3.68. The minimum Gasteiger partial charge on any atom is -0.390 e. The van der Waals surface area contributed by atoms with E-state index < -0.39 is 12.4 Å². The monoisotopic (exact) mass is 146 g/mol. The smallest absolute Gasteiger partial charge is 0.155 e. The highest BCUT2D eigenvalue weighted by molar-refractivity contribution is 4.76. The Hall–Kier alpha value is -0.120. The van der Waals surface area contributed by atoms with Crippen LogP contribution in [0.2, 0.25) is 0 Å². The summed E-state index contributed by atoms with van der Waals surface area (Å²) in [5.74, 6) is 0.138. The van der Waals surface area contributed by atoms with Crippen molar-refractivity contribution in [3.05, 3.63) is 0 Å². The highest BCUT2D eigenvalue weighted by atomic mass is 16.6. The molecule has 1 aliphatic rings. The second kappa shape index (κ2) is 2.86. The van der Waals surface area contributed by atoms with Gasteiger partial charge in [0.1, 0.15) is 0 Å². The molecule has 3 nitrogen and oxygen atoms in total. The highest BCUT2D eigenvalue weighted by Gasteiger charge is 2.30. The summed E-state index contributed by atoms with van der Waals surface area (Å²) in [7, 11) is 0. The number of rotatable bonds is 0. The van der Waals surface area contributed by atoms with Crippen molar-refractivity contribution in [1.82, 2.24) is 0 Å². The van der Waals surface area contributed by atoms with E-state index in [0.717, 1.165) is 0 Å². The molecule has 0 saturated carbocycles. The first-order chi connectivity index (χ1) is 4.61. The largest absolute Gasteiger partial charge is 0.390 e. The minimum atomic E-state index is -0.687. The molecule has 0 radical (unpaired) electrons. The molecular formula is C7H14O3. The summed E-state index contributed by atoms with van der Waals surface area (Å²) in [6.07, 6.45) is -0.818. The molecule has 1 saturated heterocycles. The standard InChI is InChI=1S/C7H14O3/c1-4-3-6(8)10-5(2)7(4)9/h4-9H,3H2,1-2H3/t4-,5+,6+,7+/m1/s1. The first-order valence-corrected chi connectivity index (χ1v) is 3.63. The first kappa shape index (κ1) is 7.98. The zero-order chi connectivity index (χ0) is 7.72. The van der Waals surface area contributed by atoms with Crippen LogP contribution in [0.5, 0.6) is 0 Å². The minimum absolute atomic E-state index is 0.138. The molecule has 0 spiro atoms. The molecule has 0 unspecified atom stereocenters. The van der Waals surface area contributed by atoms with E-state index in [-0.39, 0.29) is 12.0 Å². The Labute approximate surface area is 60.6 Å². The summed E-state index contributed by atoms with van der Waals surface area (Å²) < 4.78 is 4.97. The molecule has 60 valence electrons. The molecule has 4 atom stereocenters. The van der Waals surface area contributed by atoms with Gasteiger partial charge in [0, 0.05) is 6.42 Å². The second-order valence-corrected chi connectivity index (χ2v) is 3.00. The van der Waals surface area contributed by atoms with E-state index in [9.17, 15) is 5.11 Å². The topological polar surface area (TPSA) is 49.7 Å². The van der Waals surface area contributed by atoms with Crippen molar-refractivity contribution < 1.29 is 14.9 Å². The molecule has 0 bridgehead atoms. The average molecular weight is 146 g/mol. The third kappa shape index (κ3) is 1.48. The van der Waals surface area contributed by atoms with Crippen LogP contribution in [-0.4, -0.2) is 28.7 Å². The average Bonchev–Trinajstić information content (AvgIpc) is 1.82. The maximum absolute atomic E-state index is 9.33. The van der Waals surface area contributed by atoms with E-state index in [1.54, 1.807) is 6.92 Å². The van der Waals surface area contributed by atoms with Gasteiger partial charge in [-0.1, -0.05) is 6.92 Å². The third-order valence-electron chi connectivity index (χ3n) is 2.01. The van der Waals surface area contributed by atoms with Gasteiger partial charge in [0.25, 0.3) is 0 Å². The molecule has 1 rings (SSSR count). The predicted octanol–water partition coefficient (Wildman–Crippen LogP) is 0.111. The lowest BCUT2D eigenvalue weighted by Gasteiger charge is -2.33. The van der Waals surface area contributed by atoms with Crippen LogP contribution in [0.25, 0.3) is 0 Å². The normalized spacial score (nSPS) is 49.2. The second-order valence-electron chi connectivity index (χ2n) is 3.00. The fraction of sp³-hybridized carbons (Fsp3) is 1.00. The zero-order valence-electron chi connectivity index (χ0n) is 6.32. The van der Waals surface area contributed by atoms with E-state index in [2.05, 4.69) is 0 Å². The SMILES string of the molecule is C[C@@H]1C[C@@H](O)O[C@@H](C)[C@H]1O. The summed E-state index contributed by atoms with van der Waals surface area (Å²) in [5.41, 5.74) is 0. The highest BCUT2D eigenvalue weighted by Crippen LogP contribution is 2.23. The van der Waals surface area contributed by atoms with E-state index in [4.69, 9.17) is 9.84 Å². The molecule has 10 heavy (non-hydrogen) atoms. The Morgan fingerprint density at radius 3 is 2.40 bits per heavy atom. The van der Waals surface area contributed by atoms with Crippen molar-refractivity contribution in [2.45, 2.75) is 38.8 Å². The molecule has 1 fully saturated rings. The van der Waals surface area contributed by atoms with Crippen LogP contribution in [0.1, 0.15) is 20.3 Å². The van der Waals surface area contributed by atoms with Crippen molar-refractivity contribution in [2.75, 3.05) is 0 Å². The molecule has 0 amide bonds. The molecule has 2 N–H and O–H groups in total. The van der Waals surface area contributed by atoms with Crippen molar-refractivity contribution >= 4 is 0 Å². The van der Waals surface area contributed by atoms with E-state index in [1.165, 1.54) is 0 Å². The fourth-order valence-electron chi connectivity index (χ4n) is 1.30. The first-order valence-electron chi connectivity index (χ1n) is 3.63. The Morgan fingerprint density at radius 2 is 1.90 bits per heavy atom. The van der Waals surface area contributed by atoms with Crippen LogP contribution >= 0.6 is 0 Å². The zero-order valence-corrected chi connectivity index (χ0v) is 6.32. The van der Waals surface area contributed by atoms with E-state index in [1.807, 2.05) is 6.92 Å². The molecule has 1 heterocycles. The Kier molecular flexibility index (Phi) is 2.28. The maximum atomic E-state index is 9.33. The molecule has 0 aliphatic carbocycles. The van der Waals surface area contributed by atoms with Crippen molar-refractivity contribution in [3.8, 4) is 0 Å². The van der Waals surface area contributed by atoms with Gasteiger partial charge in [-0.05, 0) is 12.8 Å². The lowest BCUT2D eigenvalue weighted by molar-refractivity contribution is -0.209. The van der Waals surface area contributed by atoms with Gasteiger partial charge < -0.3 is 14.9 Å². The van der Waals surface area contributed by atoms with Crippen LogP contribution in [0.15, 0.2) is 0 Å². The summed E-state index contributed by atoms with van der Waals surface area (Å²) in [4.78, 5) is 0. The van der Waals surface area contributed by atoms with Gasteiger partial charge in [0.2, 0.25) is 0 Å². The Balaban J connectivity index is 2.49. The van der Waals surface area contributed by atoms with Crippen LogP contribution in [0, 0.1) is 5.92 Å². The fourth-order valence-corrected chi connectivity index (χ4v) is 1.30. The number of aliphatic hydroxyl groups excluding tert-OH is 2. The number of hydrogen-bond donors (Lipinski definition) is 2. The van der Waals surface area contributed by atoms with Crippen LogP contribution in [0.4, 0.5) is 0 Å². The Bertz CT molecular complexity index is 103. The van der Waals surface area contributed by atoms with Gasteiger partial charge in [0.05, 0.1) is 12.2 Å². The van der Waals surface area contributed by atoms with E-state index >= 15 is 0 Å². The quantitative estimate of drug-likeness (QED) is 0.510. The van der Waals surface area contributed by atoms with Crippen LogP contribution < -0.4 is 0 Å². The van der Waals surface area contributed by atoms with Crippen molar-refractivity contribution in [2.24, 2.45) is 5.92 Å². The molecule has 0 aromatic rings. The van der Waals surface area contributed by atoms with E-state index in [0.29, 0.717) is 6.42 Å². The van der Waals surface area contributed by atoms with Crippen molar-refractivity contribution in [1.29, 1.82) is 0 Å².